The smallest absolute Gasteiger partial charge is 0.263 e. The van der Waals surface area contributed by atoms with Crippen molar-refractivity contribution in [3.63, 3.8) is 0 Å². The first-order valence-corrected chi connectivity index (χ1v) is 7.83. The molecule has 18 heavy (non-hydrogen) atoms. The minimum Gasteiger partial charge on any atom is -0.301 e. The Morgan fingerprint density at radius 2 is 2.00 bits per heavy atom. The standard InChI is InChI=1S/C9H16BrN5O2S/c1-7-6-15(5-4-13(7)2)18(16,17)9-8(10)11-12-14(9)3/h7H,4-6H2,1-3H3. The van der Waals surface area contributed by atoms with E-state index in [1.54, 1.807) is 7.05 Å². The Balaban J connectivity index is 2.33. The zero-order valence-electron chi connectivity index (χ0n) is 10.5. The Morgan fingerprint density at radius 3 is 2.50 bits per heavy atom. The minimum absolute atomic E-state index is 0.110. The van der Waals surface area contributed by atoms with Crippen molar-refractivity contribution in [2.45, 2.75) is 18.0 Å². The summed E-state index contributed by atoms with van der Waals surface area (Å²) >= 11 is 3.14. The molecule has 1 fully saturated rings. The molecule has 0 aromatic carbocycles. The van der Waals surface area contributed by atoms with Gasteiger partial charge in [-0.3, -0.25) is 0 Å². The summed E-state index contributed by atoms with van der Waals surface area (Å²) in [6.07, 6.45) is 0. The van der Waals surface area contributed by atoms with Crippen LogP contribution in [-0.2, 0) is 17.1 Å². The normalized spacial score (nSPS) is 23.4. The quantitative estimate of drug-likeness (QED) is 0.753. The first-order valence-electron chi connectivity index (χ1n) is 5.59. The maximum absolute atomic E-state index is 12.5. The van der Waals surface area contributed by atoms with E-state index in [1.807, 2.05) is 14.0 Å². The molecule has 0 bridgehead atoms. The average Bonchev–Trinajstić information content (AvgIpc) is 2.62. The molecule has 1 aromatic rings. The van der Waals surface area contributed by atoms with Crippen LogP contribution in [0.1, 0.15) is 6.92 Å². The maximum atomic E-state index is 12.5. The van der Waals surface area contributed by atoms with Gasteiger partial charge in [0.1, 0.15) is 0 Å². The van der Waals surface area contributed by atoms with Crippen LogP contribution < -0.4 is 0 Å². The van der Waals surface area contributed by atoms with Crippen LogP contribution in [-0.4, -0.2) is 65.3 Å². The lowest BCUT2D eigenvalue weighted by Gasteiger charge is -2.36. The minimum atomic E-state index is -3.54. The van der Waals surface area contributed by atoms with Crippen molar-refractivity contribution in [3.8, 4) is 0 Å². The number of nitrogens with zero attached hydrogens (tertiary/aromatic N) is 5. The van der Waals surface area contributed by atoms with E-state index < -0.39 is 10.0 Å². The summed E-state index contributed by atoms with van der Waals surface area (Å²) in [5.41, 5.74) is 0. The van der Waals surface area contributed by atoms with Gasteiger partial charge >= 0.3 is 0 Å². The van der Waals surface area contributed by atoms with Crippen molar-refractivity contribution in [3.05, 3.63) is 4.60 Å². The van der Waals surface area contributed by atoms with Crippen molar-refractivity contribution in [1.82, 2.24) is 24.2 Å². The molecule has 7 nitrogen and oxygen atoms in total. The zero-order valence-corrected chi connectivity index (χ0v) is 12.9. The van der Waals surface area contributed by atoms with E-state index in [9.17, 15) is 8.42 Å². The van der Waals surface area contributed by atoms with Gasteiger partial charge in [0.2, 0.25) is 5.03 Å². The number of halogens is 1. The van der Waals surface area contributed by atoms with E-state index in [-0.39, 0.29) is 15.7 Å². The Kier molecular flexibility index (Phi) is 3.77. The van der Waals surface area contributed by atoms with Gasteiger partial charge in [-0.15, -0.1) is 5.10 Å². The highest BCUT2D eigenvalue weighted by Crippen LogP contribution is 2.23. The van der Waals surface area contributed by atoms with Crippen LogP contribution in [0.2, 0.25) is 0 Å². The van der Waals surface area contributed by atoms with Gasteiger partial charge in [0, 0.05) is 32.7 Å². The van der Waals surface area contributed by atoms with Crippen LogP contribution in [0.3, 0.4) is 0 Å². The molecule has 1 unspecified atom stereocenters. The van der Waals surface area contributed by atoms with E-state index in [0.717, 1.165) is 6.54 Å². The van der Waals surface area contributed by atoms with E-state index in [4.69, 9.17) is 0 Å². The van der Waals surface area contributed by atoms with Gasteiger partial charge in [-0.05, 0) is 29.9 Å². The number of aryl methyl sites for hydroxylation is 1. The molecule has 2 heterocycles. The van der Waals surface area contributed by atoms with Gasteiger partial charge in [-0.25, -0.2) is 13.1 Å². The summed E-state index contributed by atoms with van der Waals surface area (Å²) < 4.78 is 28.1. The molecular weight excluding hydrogens is 322 g/mol. The number of sulfonamides is 1. The highest BCUT2D eigenvalue weighted by atomic mass is 79.9. The number of hydrogen-bond donors (Lipinski definition) is 0. The number of likely N-dealkylation sites (N-methyl/N-ethyl adjacent to an activating group) is 1. The first kappa shape index (κ1) is 13.9. The third-order valence-electron chi connectivity index (χ3n) is 3.24. The molecule has 1 saturated heterocycles. The lowest BCUT2D eigenvalue weighted by atomic mass is 10.2. The Labute approximate surface area is 115 Å². The van der Waals surface area contributed by atoms with Crippen LogP contribution in [0.25, 0.3) is 0 Å². The lowest BCUT2D eigenvalue weighted by Crippen LogP contribution is -2.52. The molecule has 9 heteroatoms. The van der Waals surface area contributed by atoms with Gasteiger partial charge in [0.15, 0.2) is 4.60 Å². The summed E-state index contributed by atoms with van der Waals surface area (Å²) in [7, 11) is 0.0311. The summed E-state index contributed by atoms with van der Waals surface area (Å²) in [5.74, 6) is 0. The highest BCUT2D eigenvalue weighted by molar-refractivity contribution is 9.10. The summed E-state index contributed by atoms with van der Waals surface area (Å²) in [5, 5.41) is 7.55. The predicted octanol–water partition coefficient (Wildman–Crippen LogP) is -0.0978. The summed E-state index contributed by atoms with van der Waals surface area (Å²) in [6, 6.07) is 0.202. The average molecular weight is 338 g/mol. The second kappa shape index (κ2) is 4.87. The monoisotopic (exact) mass is 337 g/mol. The lowest BCUT2D eigenvalue weighted by molar-refractivity contribution is 0.159. The van der Waals surface area contributed by atoms with Crippen LogP contribution in [0, 0.1) is 0 Å². The number of hydrogen-bond acceptors (Lipinski definition) is 5. The molecule has 1 aromatic heterocycles. The molecule has 0 aliphatic carbocycles. The van der Waals surface area contributed by atoms with Crippen molar-refractivity contribution in [2.75, 3.05) is 26.7 Å². The van der Waals surface area contributed by atoms with E-state index >= 15 is 0 Å². The Bertz CT molecular complexity index is 524. The molecule has 2 rings (SSSR count). The van der Waals surface area contributed by atoms with Crippen molar-refractivity contribution in [2.24, 2.45) is 7.05 Å². The van der Waals surface area contributed by atoms with Crippen LogP contribution in [0.5, 0.6) is 0 Å². The van der Waals surface area contributed by atoms with Gasteiger partial charge in [0.25, 0.3) is 10.0 Å². The number of aromatic nitrogens is 3. The Morgan fingerprint density at radius 1 is 1.33 bits per heavy atom. The highest BCUT2D eigenvalue weighted by Gasteiger charge is 2.34. The fourth-order valence-electron chi connectivity index (χ4n) is 1.95. The zero-order chi connectivity index (χ0) is 13.5. The summed E-state index contributed by atoms with van der Waals surface area (Å²) in [6.45, 7) is 3.71. The molecule has 102 valence electrons. The van der Waals surface area contributed by atoms with E-state index in [1.165, 1.54) is 8.99 Å². The number of piperazine rings is 1. The molecule has 1 aliphatic rings. The molecule has 0 saturated carbocycles. The van der Waals surface area contributed by atoms with E-state index in [2.05, 4.69) is 31.1 Å². The molecule has 1 atom stereocenters. The van der Waals surface area contributed by atoms with Gasteiger partial charge in [-0.2, -0.15) is 4.31 Å². The Hall–Kier alpha value is -0.510. The van der Waals surface area contributed by atoms with Crippen LogP contribution >= 0.6 is 15.9 Å². The van der Waals surface area contributed by atoms with Gasteiger partial charge < -0.3 is 4.90 Å². The predicted molar refractivity (Wildman–Crippen MR) is 69.6 cm³/mol. The molecule has 0 radical (unpaired) electrons. The SMILES string of the molecule is CC1CN(S(=O)(=O)c2c(Br)nnn2C)CCN1C. The van der Waals surface area contributed by atoms with Crippen molar-refractivity contribution < 1.29 is 8.42 Å². The summed E-state index contributed by atoms with van der Waals surface area (Å²) in [4.78, 5) is 2.14. The molecule has 1 aliphatic heterocycles. The third kappa shape index (κ3) is 2.31. The topological polar surface area (TPSA) is 71.3 Å². The fourth-order valence-corrected chi connectivity index (χ4v) is 4.50. The van der Waals surface area contributed by atoms with Crippen molar-refractivity contribution >= 4 is 26.0 Å². The van der Waals surface area contributed by atoms with Crippen molar-refractivity contribution in [1.29, 1.82) is 0 Å². The van der Waals surface area contributed by atoms with Gasteiger partial charge in [-0.1, -0.05) is 5.21 Å². The first-order chi connectivity index (χ1) is 8.34. The van der Waals surface area contributed by atoms with Crippen LogP contribution in [0.4, 0.5) is 0 Å². The second-order valence-electron chi connectivity index (χ2n) is 4.50. The molecule has 0 spiro atoms. The molecule has 0 amide bonds. The number of rotatable bonds is 2. The largest absolute Gasteiger partial charge is 0.301 e. The third-order valence-corrected chi connectivity index (χ3v) is 6.00. The molecular formula is C9H16BrN5O2S. The van der Waals surface area contributed by atoms with Gasteiger partial charge in [0.05, 0.1) is 0 Å². The van der Waals surface area contributed by atoms with Crippen LogP contribution in [0.15, 0.2) is 9.63 Å². The second-order valence-corrected chi connectivity index (χ2v) is 7.11. The van der Waals surface area contributed by atoms with E-state index in [0.29, 0.717) is 13.1 Å². The fraction of sp³-hybridized carbons (Fsp3) is 0.778. The maximum Gasteiger partial charge on any atom is 0.263 e. The molecule has 0 N–H and O–H groups in total.